The Morgan fingerprint density at radius 3 is 2.52 bits per heavy atom. The summed E-state index contributed by atoms with van der Waals surface area (Å²) in [5.74, 6) is -1.92. The van der Waals surface area contributed by atoms with E-state index in [9.17, 15) is 14.4 Å². The number of likely N-dealkylation sites (tertiary alicyclic amines) is 1. The van der Waals surface area contributed by atoms with Crippen LogP contribution in [0.25, 0.3) is 0 Å². The number of amides is 2. The van der Waals surface area contributed by atoms with Crippen LogP contribution in [-0.4, -0.2) is 47.4 Å². The van der Waals surface area contributed by atoms with Crippen LogP contribution in [0.1, 0.15) is 13.3 Å². The monoisotopic (exact) mass is 290 g/mol. The van der Waals surface area contributed by atoms with Gasteiger partial charge in [0.1, 0.15) is 6.54 Å². The number of hydrogen-bond acceptors (Lipinski definition) is 3. The van der Waals surface area contributed by atoms with E-state index in [0.717, 1.165) is 0 Å². The minimum atomic E-state index is -1.08. The topological polar surface area (TPSA) is 77.9 Å². The second-order valence-electron chi connectivity index (χ2n) is 4.99. The van der Waals surface area contributed by atoms with Gasteiger partial charge in [-0.15, -0.1) is 0 Å². The van der Waals surface area contributed by atoms with Crippen molar-refractivity contribution in [1.82, 2.24) is 4.90 Å². The summed E-state index contributed by atoms with van der Waals surface area (Å²) in [4.78, 5) is 38.2. The fraction of sp³-hybridized carbons (Fsp3) is 0.400. The zero-order valence-corrected chi connectivity index (χ0v) is 11.9. The molecule has 1 heterocycles. The Kier molecular flexibility index (Phi) is 4.57. The van der Waals surface area contributed by atoms with Crippen molar-refractivity contribution in [3.8, 4) is 0 Å². The molecular weight excluding hydrogens is 272 g/mol. The fourth-order valence-electron chi connectivity index (χ4n) is 2.50. The van der Waals surface area contributed by atoms with E-state index in [4.69, 9.17) is 5.11 Å². The van der Waals surface area contributed by atoms with Crippen LogP contribution >= 0.6 is 0 Å². The largest absolute Gasteiger partial charge is 0.480 e. The Hall–Kier alpha value is -2.37. The third-order valence-corrected chi connectivity index (χ3v) is 3.57. The molecule has 6 heteroatoms. The number of carbonyl (C=O) groups is 3. The zero-order chi connectivity index (χ0) is 15.4. The van der Waals surface area contributed by atoms with Gasteiger partial charge in [-0.2, -0.15) is 0 Å². The molecule has 0 saturated carbocycles. The Morgan fingerprint density at radius 1 is 1.33 bits per heavy atom. The SMILES string of the molecule is CCN1CC(C(=O)N(CC(=O)O)c2ccccc2)CC1=O. The highest BCUT2D eigenvalue weighted by Gasteiger charge is 2.36. The number of para-hydroxylation sites is 1. The lowest BCUT2D eigenvalue weighted by atomic mass is 10.1. The average Bonchev–Trinajstić information content (AvgIpc) is 2.86. The van der Waals surface area contributed by atoms with Crippen LogP contribution in [0.15, 0.2) is 30.3 Å². The van der Waals surface area contributed by atoms with Gasteiger partial charge >= 0.3 is 5.97 Å². The molecule has 0 aromatic heterocycles. The molecule has 0 aliphatic carbocycles. The summed E-state index contributed by atoms with van der Waals surface area (Å²) < 4.78 is 0. The van der Waals surface area contributed by atoms with Gasteiger partial charge in [0, 0.05) is 25.2 Å². The standard InChI is InChI=1S/C15H18N2O4/c1-2-16-9-11(8-13(16)18)15(21)17(10-14(19)20)12-6-4-3-5-7-12/h3-7,11H,2,8-10H2,1H3,(H,19,20). The van der Waals surface area contributed by atoms with E-state index < -0.39 is 18.4 Å². The van der Waals surface area contributed by atoms with Crippen LogP contribution in [0.2, 0.25) is 0 Å². The number of rotatable bonds is 5. The quantitative estimate of drug-likeness (QED) is 0.876. The van der Waals surface area contributed by atoms with Crippen LogP contribution in [0, 0.1) is 5.92 Å². The minimum absolute atomic E-state index is 0.0563. The highest BCUT2D eigenvalue weighted by atomic mass is 16.4. The van der Waals surface area contributed by atoms with Gasteiger partial charge in [0.05, 0.1) is 5.92 Å². The number of nitrogens with zero attached hydrogens (tertiary/aromatic N) is 2. The number of aliphatic carboxylic acids is 1. The van der Waals surface area contributed by atoms with Crippen molar-refractivity contribution in [3.05, 3.63) is 30.3 Å². The highest BCUT2D eigenvalue weighted by Crippen LogP contribution is 2.23. The lowest BCUT2D eigenvalue weighted by Gasteiger charge is -2.24. The molecule has 1 N–H and O–H groups in total. The van der Waals surface area contributed by atoms with Crippen molar-refractivity contribution in [2.75, 3.05) is 24.5 Å². The molecule has 1 saturated heterocycles. The van der Waals surface area contributed by atoms with E-state index in [1.807, 2.05) is 6.92 Å². The van der Waals surface area contributed by atoms with Gasteiger partial charge in [0.15, 0.2) is 0 Å². The lowest BCUT2D eigenvalue weighted by Crippen LogP contribution is -2.40. The van der Waals surface area contributed by atoms with E-state index in [1.165, 1.54) is 4.90 Å². The van der Waals surface area contributed by atoms with Crippen LogP contribution in [0.4, 0.5) is 5.69 Å². The molecule has 1 fully saturated rings. The van der Waals surface area contributed by atoms with E-state index in [2.05, 4.69) is 0 Å². The van der Waals surface area contributed by atoms with Crippen LogP contribution < -0.4 is 4.90 Å². The van der Waals surface area contributed by atoms with E-state index >= 15 is 0 Å². The molecular formula is C15H18N2O4. The predicted octanol–water partition coefficient (Wildman–Crippen LogP) is 0.973. The molecule has 112 valence electrons. The average molecular weight is 290 g/mol. The van der Waals surface area contributed by atoms with Gasteiger partial charge in [-0.3, -0.25) is 14.4 Å². The number of anilines is 1. The normalized spacial score (nSPS) is 17.9. The maximum absolute atomic E-state index is 12.6. The van der Waals surface area contributed by atoms with E-state index in [0.29, 0.717) is 18.8 Å². The molecule has 1 aromatic carbocycles. The van der Waals surface area contributed by atoms with E-state index in [-0.39, 0.29) is 18.2 Å². The van der Waals surface area contributed by atoms with Crippen molar-refractivity contribution in [1.29, 1.82) is 0 Å². The molecule has 1 unspecified atom stereocenters. The van der Waals surface area contributed by atoms with Crippen molar-refractivity contribution in [3.63, 3.8) is 0 Å². The number of carboxylic acid groups (broad SMARTS) is 1. The molecule has 1 atom stereocenters. The molecule has 1 aliphatic rings. The second-order valence-corrected chi connectivity index (χ2v) is 4.99. The summed E-state index contributed by atoms with van der Waals surface area (Å²) in [5.41, 5.74) is 0.535. The summed E-state index contributed by atoms with van der Waals surface area (Å²) in [6.45, 7) is 2.38. The molecule has 21 heavy (non-hydrogen) atoms. The van der Waals surface area contributed by atoms with Gasteiger partial charge < -0.3 is 14.9 Å². The summed E-state index contributed by atoms with van der Waals surface area (Å²) >= 11 is 0. The smallest absolute Gasteiger partial charge is 0.323 e. The lowest BCUT2D eigenvalue weighted by molar-refractivity contribution is -0.137. The van der Waals surface area contributed by atoms with Crippen molar-refractivity contribution in [2.45, 2.75) is 13.3 Å². The third-order valence-electron chi connectivity index (χ3n) is 3.57. The fourth-order valence-corrected chi connectivity index (χ4v) is 2.50. The Morgan fingerprint density at radius 2 is 2.00 bits per heavy atom. The third kappa shape index (κ3) is 3.39. The van der Waals surface area contributed by atoms with Gasteiger partial charge in [-0.25, -0.2) is 0 Å². The second kappa shape index (κ2) is 6.39. The van der Waals surface area contributed by atoms with Crippen molar-refractivity contribution in [2.24, 2.45) is 5.92 Å². The number of hydrogen-bond donors (Lipinski definition) is 1. The van der Waals surface area contributed by atoms with Crippen LogP contribution in [-0.2, 0) is 14.4 Å². The van der Waals surface area contributed by atoms with Gasteiger partial charge in [-0.05, 0) is 19.1 Å². The van der Waals surface area contributed by atoms with Gasteiger partial charge in [0.25, 0.3) is 0 Å². The minimum Gasteiger partial charge on any atom is -0.480 e. The maximum Gasteiger partial charge on any atom is 0.323 e. The highest BCUT2D eigenvalue weighted by molar-refractivity contribution is 6.01. The van der Waals surface area contributed by atoms with E-state index in [1.54, 1.807) is 35.2 Å². The first-order chi connectivity index (χ1) is 10.0. The molecule has 0 spiro atoms. The van der Waals surface area contributed by atoms with Gasteiger partial charge in [0.2, 0.25) is 11.8 Å². The number of carbonyl (C=O) groups excluding carboxylic acids is 2. The summed E-state index contributed by atoms with van der Waals surface area (Å²) in [6.07, 6.45) is 0.148. The Labute approximate surface area is 123 Å². The Bertz CT molecular complexity index is 544. The van der Waals surface area contributed by atoms with Gasteiger partial charge in [-0.1, -0.05) is 18.2 Å². The molecule has 2 amide bonds. The molecule has 2 rings (SSSR count). The summed E-state index contributed by atoms with van der Waals surface area (Å²) in [5, 5.41) is 9.02. The zero-order valence-electron chi connectivity index (χ0n) is 11.9. The number of benzene rings is 1. The van der Waals surface area contributed by atoms with Crippen LogP contribution in [0.5, 0.6) is 0 Å². The molecule has 6 nitrogen and oxygen atoms in total. The summed E-state index contributed by atoms with van der Waals surface area (Å²) in [7, 11) is 0. The summed E-state index contributed by atoms with van der Waals surface area (Å²) in [6, 6.07) is 8.67. The molecule has 1 aliphatic heterocycles. The molecule has 0 bridgehead atoms. The molecule has 1 aromatic rings. The number of carboxylic acids is 1. The van der Waals surface area contributed by atoms with Crippen molar-refractivity contribution < 1.29 is 19.5 Å². The first-order valence-corrected chi connectivity index (χ1v) is 6.89. The molecule has 0 radical (unpaired) electrons. The van der Waals surface area contributed by atoms with Crippen LogP contribution in [0.3, 0.4) is 0 Å². The van der Waals surface area contributed by atoms with Crippen molar-refractivity contribution >= 4 is 23.5 Å². The first-order valence-electron chi connectivity index (χ1n) is 6.89. The predicted molar refractivity (Wildman–Crippen MR) is 76.8 cm³/mol. The Balaban J connectivity index is 2.19. The first kappa shape index (κ1) is 15.0. The maximum atomic E-state index is 12.6.